The van der Waals surface area contributed by atoms with E-state index < -0.39 is 10.9 Å². The minimum Gasteiger partial charge on any atom is -0.365 e. The lowest BCUT2D eigenvalue weighted by Gasteiger charge is -1.88. The molecule has 50 valence electrons. The SMILES string of the molecule is NC(=O)C(Cl)=C(Cl)C=O. The van der Waals surface area contributed by atoms with Crippen molar-refractivity contribution in [2.75, 3.05) is 0 Å². The molecule has 0 fully saturated rings. The molecule has 0 aromatic heterocycles. The second kappa shape index (κ2) is 3.48. The van der Waals surface area contributed by atoms with Crippen molar-refractivity contribution >= 4 is 35.4 Å². The van der Waals surface area contributed by atoms with Crippen molar-refractivity contribution in [3.05, 3.63) is 10.1 Å². The van der Waals surface area contributed by atoms with Crippen molar-refractivity contribution in [3.8, 4) is 0 Å². The molecule has 0 aliphatic heterocycles. The summed E-state index contributed by atoms with van der Waals surface area (Å²) in [6, 6.07) is 0. The van der Waals surface area contributed by atoms with Crippen LogP contribution in [0.15, 0.2) is 10.1 Å². The van der Waals surface area contributed by atoms with Gasteiger partial charge in [0.2, 0.25) is 0 Å². The smallest absolute Gasteiger partial charge is 0.261 e. The number of primary amides is 1. The molecule has 0 radical (unpaired) electrons. The molecule has 0 rings (SSSR count). The summed E-state index contributed by atoms with van der Waals surface area (Å²) in [5.74, 6) is -0.909. The zero-order valence-electron chi connectivity index (χ0n) is 4.23. The molecule has 0 aromatic rings. The topological polar surface area (TPSA) is 60.2 Å². The summed E-state index contributed by atoms with van der Waals surface area (Å²) in [6.45, 7) is 0. The molecule has 0 saturated carbocycles. The van der Waals surface area contributed by atoms with Crippen molar-refractivity contribution in [1.82, 2.24) is 0 Å². The minimum absolute atomic E-state index is 0.245. The van der Waals surface area contributed by atoms with Crippen LogP contribution in [0.1, 0.15) is 0 Å². The highest BCUT2D eigenvalue weighted by atomic mass is 35.5. The number of nitrogens with two attached hydrogens (primary N) is 1. The molecule has 0 saturated heterocycles. The Morgan fingerprint density at radius 1 is 1.44 bits per heavy atom. The van der Waals surface area contributed by atoms with E-state index in [0.29, 0.717) is 0 Å². The Hall–Kier alpha value is -0.540. The van der Waals surface area contributed by atoms with E-state index in [1.807, 2.05) is 0 Å². The standard InChI is InChI=1S/C4H3Cl2NO2/c5-2(1-8)3(6)4(7)9/h1H,(H2,7,9). The molecule has 0 aliphatic rings. The van der Waals surface area contributed by atoms with Crippen molar-refractivity contribution in [2.24, 2.45) is 5.73 Å². The van der Waals surface area contributed by atoms with E-state index in [9.17, 15) is 9.59 Å². The average molecular weight is 168 g/mol. The zero-order chi connectivity index (χ0) is 7.44. The fourth-order valence-corrected chi connectivity index (χ4v) is 0.307. The minimum atomic E-state index is -0.909. The number of rotatable bonds is 2. The highest BCUT2D eigenvalue weighted by molar-refractivity contribution is 6.52. The Bertz CT molecular complexity index is 175. The lowest BCUT2D eigenvalue weighted by atomic mass is 10.5. The van der Waals surface area contributed by atoms with Gasteiger partial charge in [-0.15, -0.1) is 0 Å². The third-order valence-corrected chi connectivity index (χ3v) is 1.29. The van der Waals surface area contributed by atoms with Gasteiger partial charge in [0.15, 0.2) is 6.29 Å². The number of carbonyl (C=O) groups is 2. The van der Waals surface area contributed by atoms with Crippen LogP contribution in [0.3, 0.4) is 0 Å². The summed E-state index contributed by atoms with van der Waals surface area (Å²) < 4.78 is 0. The first-order valence-electron chi connectivity index (χ1n) is 1.90. The third kappa shape index (κ3) is 2.49. The maximum Gasteiger partial charge on any atom is 0.261 e. The lowest BCUT2D eigenvalue weighted by molar-refractivity contribution is -0.114. The van der Waals surface area contributed by atoms with Crippen LogP contribution in [0.2, 0.25) is 0 Å². The van der Waals surface area contributed by atoms with E-state index in [1.165, 1.54) is 0 Å². The number of hydrogen-bond donors (Lipinski definition) is 1. The first kappa shape index (κ1) is 8.46. The summed E-state index contributed by atoms with van der Waals surface area (Å²) in [6.07, 6.45) is 0.245. The van der Waals surface area contributed by atoms with Gasteiger partial charge in [0, 0.05) is 0 Å². The van der Waals surface area contributed by atoms with Crippen molar-refractivity contribution in [1.29, 1.82) is 0 Å². The predicted molar refractivity (Wildman–Crippen MR) is 34.0 cm³/mol. The van der Waals surface area contributed by atoms with E-state index >= 15 is 0 Å². The van der Waals surface area contributed by atoms with Crippen LogP contribution in [0.25, 0.3) is 0 Å². The molecule has 0 spiro atoms. The van der Waals surface area contributed by atoms with Crippen molar-refractivity contribution < 1.29 is 9.59 Å². The van der Waals surface area contributed by atoms with E-state index in [1.54, 1.807) is 0 Å². The molecule has 1 amide bonds. The van der Waals surface area contributed by atoms with Crippen LogP contribution in [0, 0.1) is 0 Å². The molecule has 3 nitrogen and oxygen atoms in total. The molecule has 2 N–H and O–H groups in total. The molecule has 0 heterocycles. The molecule has 0 unspecified atom stereocenters. The van der Waals surface area contributed by atoms with Gasteiger partial charge in [-0.25, -0.2) is 0 Å². The third-order valence-electron chi connectivity index (χ3n) is 0.529. The van der Waals surface area contributed by atoms with Gasteiger partial charge in [0.1, 0.15) is 10.1 Å². The van der Waals surface area contributed by atoms with E-state index in [-0.39, 0.29) is 11.3 Å². The Balaban J connectivity index is 4.47. The summed E-state index contributed by atoms with van der Waals surface area (Å²) in [5.41, 5.74) is 4.64. The Kier molecular flexibility index (Phi) is 3.27. The highest BCUT2D eigenvalue weighted by Crippen LogP contribution is 2.09. The second-order valence-corrected chi connectivity index (χ2v) is 1.93. The number of amides is 1. The van der Waals surface area contributed by atoms with E-state index in [0.717, 1.165) is 0 Å². The van der Waals surface area contributed by atoms with Gasteiger partial charge in [0.25, 0.3) is 5.91 Å². The first-order valence-corrected chi connectivity index (χ1v) is 2.65. The van der Waals surface area contributed by atoms with Crippen LogP contribution < -0.4 is 5.73 Å². The van der Waals surface area contributed by atoms with Crippen molar-refractivity contribution in [2.45, 2.75) is 0 Å². The van der Waals surface area contributed by atoms with Gasteiger partial charge in [-0.2, -0.15) is 0 Å². The van der Waals surface area contributed by atoms with Crippen LogP contribution in [-0.4, -0.2) is 12.2 Å². The fourth-order valence-electron chi connectivity index (χ4n) is 0.169. The van der Waals surface area contributed by atoms with E-state index in [2.05, 4.69) is 5.73 Å². The summed E-state index contributed by atoms with van der Waals surface area (Å²) in [7, 11) is 0. The molecular weight excluding hydrogens is 165 g/mol. The maximum atomic E-state index is 10.1. The Morgan fingerprint density at radius 3 is 2.00 bits per heavy atom. The van der Waals surface area contributed by atoms with Crippen molar-refractivity contribution in [3.63, 3.8) is 0 Å². The number of hydrogen-bond acceptors (Lipinski definition) is 2. The average Bonchev–Trinajstić information content (AvgIpc) is 1.84. The van der Waals surface area contributed by atoms with Crippen LogP contribution >= 0.6 is 23.2 Å². The van der Waals surface area contributed by atoms with Gasteiger partial charge >= 0.3 is 0 Å². The number of aldehydes is 1. The number of allylic oxidation sites excluding steroid dienone is 1. The van der Waals surface area contributed by atoms with E-state index in [4.69, 9.17) is 23.2 Å². The summed E-state index contributed by atoms with van der Waals surface area (Å²) >= 11 is 10.2. The predicted octanol–water partition coefficient (Wildman–Crippen LogP) is 0.360. The second-order valence-electron chi connectivity index (χ2n) is 1.14. The van der Waals surface area contributed by atoms with Gasteiger partial charge in [-0.05, 0) is 0 Å². The van der Waals surface area contributed by atoms with Crippen LogP contribution in [0.4, 0.5) is 0 Å². The lowest BCUT2D eigenvalue weighted by Crippen LogP contribution is -2.11. The van der Waals surface area contributed by atoms with Crippen LogP contribution in [-0.2, 0) is 9.59 Å². The zero-order valence-corrected chi connectivity index (χ0v) is 5.74. The van der Waals surface area contributed by atoms with Gasteiger partial charge in [-0.1, -0.05) is 23.2 Å². The number of carbonyl (C=O) groups excluding carboxylic acids is 2. The normalized spacial score (nSPS) is 12.2. The Morgan fingerprint density at radius 2 is 1.89 bits per heavy atom. The molecule has 9 heavy (non-hydrogen) atoms. The van der Waals surface area contributed by atoms with Gasteiger partial charge < -0.3 is 5.73 Å². The van der Waals surface area contributed by atoms with Crippen LogP contribution in [0.5, 0.6) is 0 Å². The highest BCUT2D eigenvalue weighted by Gasteiger charge is 2.05. The molecule has 0 atom stereocenters. The first-order chi connectivity index (χ1) is 4.09. The quantitative estimate of drug-likeness (QED) is 0.477. The largest absolute Gasteiger partial charge is 0.365 e. The molecular formula is C4H3Cl2NO2. The molecule has 0 aliphatic carbocycles. The number of halogens is 2. The fraction of sp³-hybridized carbons (Fsp3) is 0. The monoisotopic (exact) mass is 167 g/mol. The Labute approximate surface area is 61.4 Å². The summed E-state index contributed by atoms with van der Waals surface area (Å²) in [4.78, 5) is 19.9. The van der Waals surface area contributed by atoms with Gasteiger partial charge in [0.05, 0.1) is 0 Å². The van der Waals surface area contributed by atoms with Gasteiger partial charge in [-0.3, -0.25) is 9.59 Å². The molecule has 0 bridgehead atoms. The summed E-state index contributed by atoms with van der Waals surface area (Å²) in [5, 5.41) is -0.809. The maximum absolute atomic E-state index is 10.1. The molecule has 5 heteroatoms. The molecule has 0 aromatic carbocycles.